The minimum atomic E-state index is -3.61. The quantitative estimate of drug-likeness (QED) is 0.646. The molecule has 0 radical (unpaired) electrons. The summed E-state index contributed by atoms with van der Waals surface area (Å²) in [4.78, 5) is 0.183. The minimum Gasteiger partial charge on any atom is -0.398 e. The summed E-state index contributed by atoms with van der Waals surface area (Å²) in [6.07, 6.45) is 5.05. The molecule has 0 heterocycles. The second-order valence-electron chi connectivity index (χ2n) is 3.73. The number of hydrogen-bond acceptors (Lipinski definition) is 3. The van der Waals surface area contributed by atoms with E-state index in [1.807, 2.05) is 6.07 Å². The van der Waals surface area contributed by atoms with Gasteiger partial charge in [-0.25, -0.2) is 8.42 Å². The molecule has 0 atom stereocenters. The molecule has 0 saturated carbocycles. The van der Waals surface area contributed by atoms with Crippen LogP contribution in [-0.2, 0) is 10.0 Å². The number of nitrogen functional groups attached to an aromatic ring is 1. The van der Waals surface area contributed by atoms with Crippen molar-refractivity contribution >= 4 is 26.5 Å². The Labute approximate surface area is 106 Å². The fraction of sp³-hybridized carbons (Fsp3) is 0.0769. The summed E-state index contributed by atoms with van der Waals surface area (Å²) in [5.41, 5.74) is 6.36. The fourth-order valence-corrected chi connectivity index (χ4v) is 2.89. The first-order chi connectivity index (χ1) is 8.56. The number of nitrogens with two attached hydrogens (primary N) is 1. The maximum atomic E-state index is 12.1. The highest BCUT2D eigenvalue weighted by Gasteiger charge is 2.16. The lowest BCUT2D eigenvalue weighted by Crippen LogP contribution is -2.24. The number of sulfonamides is 1. The van der Waals surface area contributed by atoms with Crippen LogP contribution in [0.3, 0.4) is 0 Å². The number of benzene rings is 2. The Morgan fingerprint density at radius 2 is 1.83 bits per heavy atom. The molecule has 2 rings (SSSR count). The number of anilines is 1. The van der Waals surface area contributed by atoms with Gasteiger partial charge in [0.25, 0.3) is 0 Å². The van der Waals surface area contributed by atoms with Gasteiger partial charge < -0.3 is 5.73 Å². The Morgan fingerprint density at radius 3 is 2.50 bits per heavy atom. The second-order valence-corrected chi connectivity index (χ2v) is 5.46. The number of hydrogen-bond donors (Lipinski definition) is 2. The van der Waals surface area contributed by atoms with Crippen LogP contribution in [0, 0.1) is 12.3 Å². The molecule has 18 heavy (non-hydrogen) atoms. The van der Waals surface area contributed by atoms with E-state index in [9.17, 15) is 8.42 Å². The van der Waals surface area contributed by atoms with Crippen LogP contribution in [0.1, 0.15) is 0 Å². The van der Waals surface area contributed by atoms with Gasteiger partial charge in [-0.15, -0.1) is 6.42 Å². The van der Waals surface area contributed by atoms with E-state index in [-0.39, 0.29) is 11.4 Å². The highest BCUT2D eigenvalue weighted by atomic mass is 32.2. The van der Waals surface area contributed by atoms with E-state index in [4.69, 9.17) is 12.2 Å². The van der Waals surface area contributed by atoms with Crippen molar-refractivity contribution in [2.75, 3.05) is 12.3 Å². The summed E-state index contributed by atoms with van der Waals surface area (Å²) in [6.45, 7) is -0.0406. The largest absolute Gasteiger partial charge is 0.398 e. The lowest BCUT2D eigenvalue weighted by atomic mass is 10.1. The minimum absolute atomic E-state index is 0.0406. The molecule has 2 aromatic rings. The monoisotopic (exact) mass is 260 g/mol. The molecule has 5 heteroatoms. The summed E-state index contributed by atoms with van der Waals surface area (Å²) in [5, 5.41) is 1.29. The second kappa shape index (κ2) is 4.69. The molecule has 0 spiro atoms. The normalized spacial score (nSPS) is 11.3. The Bertz CT molecular complexity index is 730. The highest BCUT2D eigenvalue weighted by molar-refractivity contribution is 7.89. The van der Waals surface area contributed by atoms with E-state index in [0.717, 1.165) is 0 Å². The molecule has 2 aromatic carbocycles. The van der Waals surface area contributed by atoms with Crippen molar-refractivity contribution in [2.45, 2.75) is 4.90 Å². The van der Waals surface area contributed by atoms with Crippen LogP contribution in [0.4, 0.5) is 5.69 Å². The van der Waals surface area contributed by atoms with Crippen LogP contribution in [-0.4, -0.2) is 15.0 Å². The molecule has 3 N–H and O–H groups in total. The van der Waals surface area contributed by atoms with Gasteiger partial charge in [-0.3, -0.25) is 0 Å². The lowest BCUT2D eigenvalue weighted by Gasteiger charge is -2.09. The third-order valence-electron chi connectivity index (χ3n) is 2.57. The Morgan fingerprint density at radius 1 is 1.17 bits per heavy atom. The van der Waals surface area contributed by atoms with E-state index < -0.39 is 10.0 Å². The molecule has 92 valence electrons. The van der Waals surface area contributed by atoms with E-state index in [0.29, 0.717) is 16.5 Å². The average Bonchev–Trinajstić information content (AvgIpc) is 2.37. The van der Waals surface area contributed by atoms with Crippen molar-refractivity contribution in [3.05, 3.63) is 36.4 Å². The zero-order valence-corrected chi connectivity index (χ0v) is 10.4. The summed E-state index contributed by atoms with van der Waals surface area (Å²) < 4.78 is 26.5. The van der Waals surface area contributed by atoms with Gasteiger partial charge in [0, 0.05) is 16.5 Å². The third kappa shape index (κ3) is 2.16. The van der Waals surface area contributed by atoms with Gasteiger partial charge in [-0.05, 0) is 12.1 Å². The van der Waals surface area contributed by atoms with E-state index in [1.54, 1.807) is 24.3 Å². The van der Waals surface area contributed by atoms with Gasteiger partial charge in [-0.2, -0.15) is 4.72 Å². The zero-order valence-electron chi connectivity index (χ0n) is 9.55. The molecule has 0 amide bonds. The van der Waals surface area contributed by atoms with Gasteiger partial charge in [0.15, 0.2) is 0 Å². The van der Waals surface area contributed by atoms with Crippen molar-refractivity contribution in [1.29, 1.82) is 0 Å². The zero-order chi connectivity index (χ0) is 13.2. The SMILES string of the molecule is C#CCNS(=O)(=O)c1ccc(N)c2ccccc12. The van der Waals surface area contributed by atoms with Gasteiger partial charge >= 0.3 is 0 Å². The summed E-state index contributed by atoms with van der Waals surface area (Å²) in [5.74, 6) is 2.24. The first-order valence-electron chi connectivity index (χ1n) is 5.26. The summed E-state index contributed by atoms with van der Waals surface area (Å²) >= 11 is 0. The molecular weight excluding hydrogens is 248 g/mol. The van der Waals surface area contributed by atoms with Gasteiger partial charge in [0.2, 0.25) is 10.0 Å². The predicted octanol–water partition coefficient (Wildman–Crippen LogP) is 1.33. The van der Waals surface area contributed by atoms with Gasteiger partial charge in [0.05, 0.1) is 11.4 Å². The van der Waals surface area contributed by atoms with Gasteiger partial charge in [0.1, 0.15) is 0 Å². The van der Waals surface area contributed by atoms with Gasteiger partial charge in [-0.1, -0.05) is 30.2 Å². The van der Waals surface area contributed by atoms with Crippen molar-refractivity contribution < 1.29 is 8.42 Å². The van der Waals surface area contributed by atoms with Crippen LogP contribution in [0.25, 0.3) is 10.8 Å². The van der Waals surface area contributed by atoms with Crippen LogP contribution >= 0.6 is 0 Å². The number of fused-ring (bicyclic) bond motifs is 1. The van der Waals surface area contributed by atoms with Crippen LogP contribution < -0.4 is 10.5 Å². The van der Waals surface area contributed by atoms with Crippen LogP contribution in [0.2, 0.25) is 0 Å². The summed E-state index contributed by atoms with van der Waals surface area (Å²) in [7, 11) is -3.61. The molecule has 0 aromatic heterocycles. The molecule has 0 saturated heterocycles. The number of terminal acetylenes is 1. The first kappa shape index (κ1) is 12.4. The van der Waals surface area contributed by atoms with Crippen molar-refractivity contribution in [3.63, 3.8) is 0 Å². The van der Waals surface area contributed by atoms with E-state index in [1.165, 1.54) is 6.07 Å². The van der Waals surface area contributed by atoms with Crippen molar-refractivity contribution in [3.8, 4) is 12.3 Å². The topological polar surface area (TPSA) is 72.2 Å². The standard InChI is InChI=1S/C13H12N2O2S/c1-2-9-15-18(16,17)13-8-7-12(14)10-5-3-4-6-11(10)13/h1,3-8,15H,9,14H2. The first-order valence-corrected chi connectivity index (χ1v) is 6.75. The lowest BCUT2D eigenvalue weighted by molar-refractivity contribution is 0.587. The number of nitrogens with one attached hydrogen (secondary N) is 1. The third-order valence-corrected chi connectivity index (χ3v) is 4.03. The van der Waals surface area contributed by atoms with Crippen molar-refractivity contribution in [1.82, 2.24) is 4.72 Å². The maximum Gasteiger partial charge on any atom is 0.242 e. The molecule has 0 aliphatic rings. The van der Waals surface area contributed by atoms with E-state index in [2.05, 4.69) is 10.6 Å². The molecule has 0 fully saturated rings. The molecule has 4 nitrogen and oxygen atoms in total. The van der Waals surface area contributed by atoms with Crippen LogP contribution in [0.5, 0.6) is 0 Å². The van der Waals surface area contributed by atoms with Crippen molar-refractivity contribution in [2.24, 2.45) is 0 Å². The summed E-state index contributed by atoms with van der Waals surface area (Å²) in [6, 6.07) is 10.1. The Balaban J connectivity index is 2.67. The predicted molar refractivity (Wildman–Crippen MR) is 72.4 cm³/mol. The fourth-order valence-electron chi connectivity index (χ4n) is 1.74. The molecule has 0 aliphatic carbocycles. The van der Waals surface area contributed by atoms with Crippen LogP contribution in [0.15, 0.2) is 41.3 Å². The number of rotatable bonds is 3. The average molecular weight is 260 g/mol. The molecule has 0 bridgehead atoms. The Kier molecular flexibility index (Phi) is 3.24. The van der Waals surface area contributed by atoms with E-state index >= 15 is 0 Å². The Hall–Kier alpha value is -2.03. The molecule has 0 aliphatic heterocycles. The molecular formula is C13H12N2O2S. The smallest absolute Gasteiger partial charge is 0.242 e. The highest BCUT2D eigenvalue weighted by Crippen LogP contribution is 2.27. The maximum absolute atomic E-state index is 12.1. The molecule has 0 unspecified atom stereocenters.